The minimum Gasteiger partial charge on any atom is -0.376 e. The zero-order valence-electron chi connectivity index (χ0n) is 25.4. The first kappa shape index (κ1) is 29.1. The first-order chi connectivity index (χ1) is 21.7. The van der Waals surface area contributed by atoms with Crippen LogP contribution in [-0.4, -0.2) is 16.2 Å². The highest BCUT2D eigenvalue weighted by molar-refractivity contribution is 5.80. The quantitative estimate of drug-likeness (QED) is 0.114. The van der Waals surface area contributed by atoms with E-state index in [1.54, 1.807) is 0 Å². The predicted octanol–water partition coefficient (Wildman–Crippen LogP) is 9.38. The van der Waals surface area contributed by atoms with E-state index in [1.807, 2.05) is 24.5 Å². The second-order valence-corrected chi connectivity index (χ2v) is 11.2. The van der Waals surface area contributed by atoms with E-state index in [0.29, 0.717) is 13.2 Å². The largest absolute Gasteiger partial charge is 0.376 e. The molecule has 1 heterocycles. The molecule has 0 radical (unpaired) electrons. The second kappa shape index (κ2) is 13.5. The van der Waals surface area contributed by atoms with Crippen molar-refractivity contribution in [1.29, 1.82) is 0 Å². The van der Waals surface area contributed by atoms with Crippen molar-refractivity contribution < 1.29 is 4.74 Å². The Morgan fingerprint density at radius 2 is 1.23 bits per heavy atom. The standard InChI is InChI=1S/C41H38N2O/c1-32-17-15-26-38(33(32)2)39(27-16-28-44-30-34-18-7-3-8-19-34)40-29-43(31-42-40)41(35-20-9-4-10-21-35,36-22-11-5-12-23-36)37-24-13-6-14-25-37/h3-15,17-27,29,31H,16,28,30H2,1-2H3. The van der Waals surface area contributed by atoms with E-state index in [4.69, 9.17) is 9.72 Å². The van der Waals surface area contributed by atoms with Crippen molar-refractivity contribution in [2.45, 2.75) is 32.4 Å². The SMILES string of the molecule is Cc1cccc(C(=CCCOCc2ccccc2)c2cn(C(c3ccccc3)(c3ccccc3)c3ccccc3)cn2)c1C. The third kappa shape index (κ3) is 5.92. The molecule has 0 saturated heterocycles. The smallest absolute Gasteiger partial charge is 0.121 e. The molecule has 0 spiro atoms. The van der Waals surface area contributed by atoms with Crippen LogP contribution in [0.4, 0.5) is 0 Å². The Kier molecular flexibility index (Phi) is 8.95. The molecule has 0 saturated carbocycles. The predicted molar refractivity (Wildman–Crippen MR) is 181 cm³/mol. The van der Waals surface area contributed by atoms with Gasteiger partial charge in [0.15, 0.2) is 0 Å². The van der Waals surface area contributed by atoms with Crippen molar-refractivity contribution in [2.75, 3.05) is 6.61 Å². The summed E-state index contributed by atoms with van der Waals surface area (Å²) in [5.74, 6) is 0. The summed E-state index contributed by atoms with van der Waals surface area (Å²) in [6.07, 6.45) is 7.27. The van der Waals surface area contributed by atoms with Crippen LogP contribution in [0.15, 0.2) is 158 Å². The van der Waals surface area contributed by atoms with Crippen LogP contribution in [0, 0.1) is 13.8 Å². The summed E-state index contributed by atoms with van der Waals surface area (Å²) in [4.78, 5) is 5.11. The first-order valence-corrected chi connectivity index (χ1v) is 15.3. The van der Waals surface area contributed by atoms with Crippen molar-refractivity contribution in [2.24, 2.45) is 0 Å². The Hall–Kier alpha value is -4.99. The molecule has 0 bridgehead atoms. The van der Waals surface area contributed by atoms with Crippen molar-refractivity contribution in [3.63, 3.8) is 0 Å². The number of hydrogen-bond acceptors (Lipinski definition) is 2. The summed E-state index contributed by atoms with van der Waals surface area (Å²) < 4.78 is 8.34. The maximum Gasteiger partial charge on any atom is 0.121 e. The molecule has 3 nitrogen and oxygen atoms in total. The summed E-state index contributed by atoms with van der Waals surface area (Å²) in [6, 6.07) is 49.0. The lowest BCUT2D eigenvalue weighted by Gasteiger charge is -2.37. The minimum atomic E-state index is -0.611. The maximum atomic E-state index is 6.06. The number of aromatic nitrogens is 2. The monoisotopic (exact) mass is 574 g/mol. The molecule has 0 aliphatic heterocycles. The van der Waals surface area contributed by atoms with Crippen LogP contribution in [0.25, 0.3) is 5.57 Å². The molecule has 44 heavy (non-hydrogen) atoms. The highest BCUT2D eigenvalue weighted by atomic mass is 16.5. The van der Waals surface area contributed by atoms with Crippen LogP contribution in [0.3, 0.4) is 0 Å². The molecule has 0 N–H and O–H groups in total. The van der Waals surface area contributed by atoms with Crippen LogP contribution < -0.4 is 0 Å². The Labute approximate surface area is 261 Å². The third-order valence-electron chi connectivity index (χ3n) is 8.44. The highest BCUT2D eigenvalue weighted by Crippen LogP contribution is 2.41. The Morgan fingerprint density at radius 3 is 1.80 bits per heavy atom. The van der Waals surface area contributed by atoms with Crippen molar-refractivity contribution in [3.8, 4) is 0 Å². The fraction of sp³-hybridized carbons (Fsp3) is 0.146. The van der Waals surface area contributed by atoms with Gasteiger partial charge >= 0.3 is 0 Å². The van der Waals surface area contributed by atoms with Crippen LogP contribution in [0.2, 0.25) is 0 Å². The average Bonchev–Trinajstić information content (AvgIpc) is 3.57. The van der Waals surface area contributed by atoms with E-state index in [0.717, 1.165) is 17.7 Å². The number of imidazole rings is 1. The molecule has 218 valence electrons. The van der Waals surface area contributed by atoms with Gasteiger partial charge in [0.1, 0.15) is 5.54 Å². The Bertz CT molecular complexity index is 1710. The molecule has 0 aliphatic carbocycles. The van der Waals surface area contributed by atoms with Gasteiger partial charge in [0.05, 0.1) is 25.2 Å². The molecule has 1 aromatic heterocycles. The molecule has 3 heteroatoms. The normalized spacial score (nSPS) is 11.9. The molecular weight excluding hydrogens is 536 g/mol. The van der Waals surface area contributed by atoms with E-state index in [1.165, 1.54) is 38.9 Å². The number of benzene rings is 5. The summed E-state index contributed by atoms with van der Waals surface area (Å²) in [5, 5.41) is 0. The van der Waals surface area contributed by atoms with Gasteiger partial charge in [-0.2, -0.15) is 0 Å². The molecule has 6 rings (SSSR count). The summed E-state index contributed by atoms with van der Waals surface area (Å²) in [5.41, 5.74) is 9.88. The molecule has 5 aromatic carbocycles. The lowest BCUT2D eigenvalue weighted by atomic mass is 9.76. The van der Waals surface area contributed by atoms with Crippen LogP contribution >= 0.6 is 0 Å². The minimum absolute atomic E-state index is 0.607. The van der Waals surface area contributed by atoms with Crippen molar-refractivity contribution in [3.05, 3.63) is 203 Å². The number of nitrogens with zero attached hydrogens (tertiary/aromatic N) is 2. The van der Waals surface area contributed by atoms with Gasteiger partial charge < -0.3 is 9.30 Å². The van der Waals surface area contributed by atoms with Gasteiger partial charge in [0.25, 0.3) is 0 Å². The van der Waals surface area contributed by atoms with Gasteiger partial charge in [0, 0.05) is 11.8 Å². The van der Waals surface area contributed by atoms with E-state index in [9.17, 15) is 0 Å². The van der Waals surface area contributed by atoms with E-state index in [-0.39, 0.29) is 0 Å². The summed E-state index contributed by atoms with van der Waals surface area (Å²) >= 11 is 0. The topological polar surface area (TPSA) is 27.1 Å². The molecule has 6 aromatic rings. The van der Waals surface area contributed by atoms with E-state index >= 15 is 0 Å². The van der Waals surface area contributed by atoms with Crippen LogP contribution in [0.1, 0.15) is 51.1 Å². The fourth-order valence-corrected chi connectivity index (χ4v) is 6.08. The molecule has 0 amide bonds. The summed E-state index contributed by atoms with van der Waals surface area (Å²) in [7, 11) is 0. The van der Waals surface area contributed by atoms with Gasteiger partial charge in [-0.15, -0.1) is 0 Å². The van der Waals surface area contributed by atoms with Gasteiger partial charge in [0.2, 0.25) is 0 Å². The van der Waals surface area contributed by atoms with E-state index in [2.05, 4.69) is 152 Å². The maximum absolute atomic E-state index is 6.06. The first-order valence-electron chi connectivity index (χ1n) is 15.3. The molecule has 0 atom stereocenters. The van der Waals surface area contributed by atoms with Gasteiger partial charge in [-0.3, -0.25) is 0 Å². The zero-order valence-corrected chi connectivity index (χ0v) is 25.4. The second-order valence-electron chi connectivity index (χ2n) is 11.2. The van der Waals surface area contributed by atoms with Crippen molar-refractivity contribution >= 4 is 5.57 Å². The summed E-state index contributed by atoms with van der Waals surface area (Å²) in [6.45, 7) is 5.61. The van der Waals surface area contributed by atoms with Gasteiger partial charge in [-0.1, -0.05) is 146 Å². The lowest BCUT2D eigenvalue weighted by Crippen LogP contribution is -2.36. The molecule has 0 aliphatic rings. The molecule has 0 unspecified atom stereocenters. The lowest BCUT2D eigenvalue weighted by molar-refractivity contribution is 0.125. The van der Waals surface area contributed by atoms with Gasteiger partial charge in [-0.25, -0.2) is 4.98 Å². The third-order valence-corrected chi connectivity index (χ3v) is 8.44. The molecular formula is C41H38N2O. The number of ether oxygens (including phenoxy) is 1. The van der Waals surface area contributed by atoms with Crippen LogP contribution in [-0.2, 0) is 16.9 Å². The zero-order chi connectivity index (χ0) is 30.2. The number of aryl methyl sites for hydroxylation is 1. The molecule has 0 fully saturated rings. The number of hydrogen-bond donors (Lipinski definition) is 0. The van der Waals surface area contributed by atoms with E-state index < -0.39 is 5.54 Å². The Morgan fingerprint density at radius 1 is 0.682 bits per heavy atom. The van der Waals surface area contributed by atoms with Crippen molar-refractivity contribution in [1.82, 2.24) is 9.55 Å². The van der Waals surface area contributed by atoms with Crippen LogP contribution in [0.5, 0.6) is 0 Å². The highest BCUT2D eigenvalue weighted by Gasteiger charge is 2.38. The Balaban J connectivity index is 1.45. The number of rotatable bonds is 11. The fourth-order valence-electron chi connectivity index (χ4n) is 6.08. The van der Waals surface area contributed by atoms with Gasteiger partial charge in [-0.05, 0) is 59.2 Å². The average molecular weight is 575 g/mol.